The molecule has 2 aliphatic rings. The molecule has 1 aliphatic heterocycles. The maximum absolute atomic E-state index is 3.63. The van der Waals surface area contributed by atoms with Gasteiger partial charge in [0.05, 0.1) is 0 Å². The van der Waals surface area contributed by atoms with E-state index in [2.05, 4.69) is 36.1 Å². The summed E-state index contributed by atoms with van der Waals surface area (Å²) < 4.78 is 0. The smallest absolute Gasteiger partial charge is 0.0229 e. The van der Waals surface area contributed by atoms with Crippen molar-refractivity contribution in [2.24, 2.45) is 5.92 Å². The van der Waals surface area contributed by atoms with Crippen molar-refractivity contribution in [3.63, 3.8) is 0 Å². The Morgan fingerprint density at radius 1 is 1.31 bits per heavy atom. The molecule has 1 aliphatic carbocycles. The number of likely N-dealkylation sites (tertiary alicyclic amines) is 1. The van der Waals surface area contributed by atoms with Crippen LogP contribution in [0.15, 0.2) is 0 Å². The fourth-order valence-corrected chi connectivity index (χ4v) is 2.56. The highest BCUT2D eigenvalue weighted by atomic mass is 15.2. The highest BCUT2D eigenvalue weighted by molar-refractivity contribution is 4.84. The summed E-state index contributed by atoms with van der Waals surface area (Å²) in [6, 6.07) is 1.64. The summed E-state index contributed by atoms with van der Waals surface area (Å²) >= 11 is 0. The monoisotopic (exact) mass is 225 g/mol. The minimum Gasteiger partial charge on any atom is -0.314 e. The average molecular weight is 225 g/mol. The van der Waals surface area contributed by atoms with Gasteiger partial charge in [-0.2, -0.15) is 0 Å². The number of hydrogen-bond acceptors (Lipinski definition) is 3. The minimum absolute atomic E-state index is 0.781. The van der Waals surface area contributed by atoms with E-state index < -0.39 is 0 Å². The SMILES string of the molecule is CC(CNC1CC1)CN1CCC(N(C)C)C1. The molecule has 1 N–H and O–H groups in total. The molecule has 0 bridgehead atoms. The van der Waals surface area contributed by atoms with E-state index in [0.29, 0.717) is 0 Å². The molecule has 0 aromatic rings. The summed E-state index contributed by atoms with van der Waals surface area (Å²) in [6.07, 6.45) is 4.15. The third kappa shape index (κ3) is 3.72. The standard InChI is InChI=1S/C13H27N3/c1-11(8-14-12-4-5-12)9-16-7-6-13(10-16)15(2)3/h11-14H,4-10H2,1-3H3. The van der Waals surface area contributed by atoms with E-state index in [1.165, 1.54) is 45.4 Å². The van der Waals surface area contributed by atoms with Crippen LogP contribution in [-0.4, -0.2) is 62.2 Å². The van der Waals surface area contributed by atoms with Gasteiger partial charge in [-0.1, -0.05) is 6.92 Å². The minimum atomic E-state index is 0.781. The molecule has 0 spiro atoms. The van der Waals surface area contributed by atoms with Gasteiger partial charge in [0, 0.05) is 25.2 Å². The van der Waals surface area contributed by atoms with Gasteiger partial charge in [-0.05, 0) is 52.4 Å². The molecule has 94 valence electrons. The first kappa shape index (κ1) is 12.3. The second-order valence-corrected chi connectivity index (χ2v) is 5.95. The predicted octanol–water partition coefficient (Wildman–Crippen LogP) is 1.01. The number of likely N-dealkylation sites (N-methyl/N-ethyl adjacent to an activating group) is 1. The normalized spacial score (nSPS) is 28.9. The van der Waals surface area contributed by atoms with E-state index in [1.807, 2.05) is 0 Å². The molecular formula is C13H27N3. The van der Waals surface area contributed by atoms with Gasteiger partial charge in [0.25, 0.3) is 0 Å². The lowest BCUT2D eigenvalue weighted by Gasteiger charge is -2.23. The predicted molar refractivity (Wildman–Crippen MR) is 68.7 cm³/mol. The molecule has 0 aromatic heterocycles. The van der Waals surface area contributed by atoms with Crippen molar-refractivity contribution in [3.8, 4) is 0 Å². The van der Waals surface area contributed by atoms with Gasteiger partial charge in [0.1, 0.15) is 0 Å². The lowest BCUT2D eigenvalue weighted by atomic mass is 10.1. The zero-order valence-electron chi connectivity index (χ0n) is 11.1. The van der Waals surface area contributed by atoms with Crippen molar-refractivity contribution in [1.82, 2.24) is 15.1 Å². The summed E-state index contributed by atoms with van der Waals surface area (Å²) in [7, 11) is 4.40. The molecule has 1 saturated heterocycles. The van der Waals surface area contributed by atoms with E-state index >= 15 is 0 Å². The fraction of sp³-hybridized carbons (Fsp3) is 1.00. The van der Waals surface area contributed by atoms with Gasteiger partial charge < -0.3 is 15.1 Å². The topological polar surface area (TPSA) is 18.5 Å². The molecule has 0 amide bonds. The van der Waals surface area contributed by atoms with Gasteiger partial charge >= 0.3 is 0 Å². The molecule has 0 radical (unpaired) electrons. The largest absolute Gasteiger partial charge is 0.314 e. The van der Waals surface area contributed by atoms with Crippen LogP contribution >= 0.6 is 0 Å². The Kier molecular flexibility index (Phi) is 4.22. The van der Waals surface area contributed by atoms with Crippen LogP contribution in [0.3, 0.4) is 0 Å². The summed E-state index contributed by atoms with van der Waals surface area (Å²) in [5, 5.41) is 3.63. The van der Waals surface area contributed by atoms with Crippen LogP contribution in [0.25, 0.3) is 0 Å². The molecule has 1 heterocycles. The second-order valence-electron chi connectivity index (χ2n) is 5.95. The summed E-state index contributed by atoms with van der Waals surface area (Å²) in [5.74, 6) is 0.793. The Bertz CT molecular complexity index is 213. The first-order valence-electron chi connectivity index (χ1n) is 6.77. The quantitative estimate of drug-likeness (QED) is 0.728. The van der Waals surface area contributed by atoms with Crippen LogP contribution in [0.5, 0.6) is 0 Å². The first-order chi connectivity index (χ1) is 7.65. The third-order valence-corrected chi connectivity index (χ3v) is 3.88. The van der Waals surface area contributed by atoms with Crippen molar-refractivity contribution >= 4 is 0 Å². The van der Waals surface area contributed by atoms with E-state index in [-0.39, 0.29) is 0 Å². The van der Waals surface area contributed by atoms with Crippen LogP contribution in [-0.2, 0) is 0 Å². The fourth-order valence-electron chi connectivity index (χ4n) is 2.56. The van der Waals surface area contributed by atoms with E-state index in [1.54, 1.807) is 0 Å². The van der Waals surface area contributed by atoms with Crippen molar-refractivity contribution in [2.75, 3.05) is 40.3 Å². The number of nitrogens with one attached hydrogen (secondary N) is 1. The van der Waals surface area contributed by atoms with Crippen molar-refractivity contribution in [2.45, 2.75) is 38.3 Å². The molecule has 3 heteroatoms. The number of rotatable bonds is 6. The van der Waals surface area contributed by atoms with Gasteiger partial charge in [-0.25, -0.2) is 0 Å². The average Bonchev–Trinajstić information content (AvgIpc) is 2.95. The van der Waals surface area contributed by atoms with E-state index in [0.717, 1.165) is 18.0 Å². The zero-order chi connectivity index (χ0) is 11.5. The Labute approximate surface area is 100 Å². The maximum Gasteiger partial charge on any atom is 0.0229 e. The van der Waals surface area contributed by atoms with Gasteiger partial charge in [-0.3, -0.25) is 0 Å². The van der Waals surface area contributed by atoms with Crippen molar-refractivity contribution in [3.05, 3.63) is 0 Å². The summed E-state index contributed by atoms with van der Waals surface area (Å²) in [6.45, 7) is 7.40. The van der Waals surface area contributed by atoms with Crippen LogP contribution in [0.4, 0.5) is 0 Å². The molecule has 2 fully saturated rings. The molecule has 1 saturated carbocycles. The van der Waals surface area contributed by atoms with Crippen molar-refractivity contribution < 1.29 is 0 Å². The molecule has 2 rings (SSSR count). The Hall–Kier alpha value is -0.120. The van der Waals surface area contributed by atoms with Crippen LogP contribution in [0, 0.1) is 5.92 Å². The second kappa shape index (κ2) is 5.48. The Morgan fingerprint density at radius 3 is 2.62 bits per heavy atom. The first-order valence-corrected chi connectivity index (χ1v) is 6.77. The molecule has 16 heavy (non-hydrogen) atoms. The molecular weight excluding hydrogens is 198 g/mol. The Morgan fingerprint density at radius 2 is 2.06 bits per heavy atom. The van der Waals surface area contributed by atoms with E-state index in [4.69, 9.17) is 0 Å². The number of nitrogens with zero attached hydrogens (tertiary/aromatic N) is 2. The van der Waals surface area contributed by atoms with Crippen LogP contribution < -0.4 is 5.32 Å². The lowest BCUT2D eigenvalue weighted by Crippen LogP contribution is -2.35. The molecule has 2 unspecified atom stereocenters. The maximum atomic E-state index is 3.63. The molecule has 0 aromatic carbocycles. The summed E-state index contributed by atoms with van der Waals surface area (Å²) in [5.41, 5.74) is 0. The highest BCUT2D eigenvalue weighted by Gasteiger charge is 2.25. The van der Waals surface area contributed by atoms with Crippen molar-refractivity contribution in [1.29, 1.82) is 0 Å². The highest BCUT2D eigenvalue weighted by Crippen LogP contribution is 2.19. The molecule has 2 atom stereocenters. The van der Waals surface area contributed by atoms with Crippen LogP contribution in [0.1, 0.15) is 26.2 Å². The lowest BCUT2D eigenvalue weighted by molar-refractivity contribution is 0.245. The third-order valence-electron chi connectivity index (χ3n) is 3.88. The van der Waals surface area contributed by atoms with Gasteiger partial charge in [-0.15, -0.1) is 0 Å². The summed E-state index contributed by atoms with van der Waals surface area (Å²) in [4.78, 5) is 5.00. The van der Waals surface area contributed by atoms with Gasteiger partial charge in [0.2, 0.25) is 0 Å². The molecule has 3 nitrogen and oxygen atoms in total. The van der Waals surface area contributed by atoms with Crippen LogP contribution in [0.2, 0.25) is 0 Å². The Balaban J connectivity index is 1.61. The zero-order valence-corrected chi connectivity index (χ0v) is 11.1. The number of hydrogen-bond donors (Lipinski definition) is 1. The van der Waals surface area contributed by atoms with Gasteiger partial charge in [0.15, 0.2) is 0 Å². The van der Waals surface area contributed by atoms with E-state index in [9.17, 15) is 0 Å².